The van der Waals surface area contributed by atoms with Gasteiger partial charge >= 0.3 is 6.36 Å². The summed E-state index contributed by atoms with van der Waals surface area (Å²) in [7, 11) is -4.11. The highest BCUT2D eigenvalue weighted by Crippen LogP contribution is 2.39. The van der Waals surface area contributed by atoms with E-state index < -0.39 is 33.1 Å². The van der Waals surface area contributed by atoms with Crippen LogP contribution < -0.4 is 14.4 Å². The van der Waals surface area contributed by atoms with Crippen molar-refractivity contribution < 1.29 is 35.6 Å². The number of rotatable bonds is 8. The van der Waals surface area contributed by atoms with E-state index in [1.807, 2.05) is 6.92 Å². The van der Waals surface area contributed by atoms with E-state index in [0.29, 0.717) is 29.4 Å². The molecule has 1 aliphatic heterocycles. The summed E-state index contributed by atoms with van der Waals surface area (Å²) in [5, 5.41) is 0.199. The molecule has 2 aromatic carbocycles. The van der Waals surface area contributed by atoms with E-state index in [1.54, 1.807) is 17.0 Å². The second-order valence-corrected chi connectivity index (χ2v) is 11.8. The van der Waals surface area contributed by atoms with Crippen molar-refractivity contribution in [3.63, 3.8) is 0 Å². The summed E-state index contributed by atoms with van der Waals surface area (Å²) in [5.74, 6) is 0.672. The van der Waals surface area contributed by atoms with Gasteiger partial charge in [0.15, 0.2) is 0 Å². The van der Waals surface area contributed by atoms with E-state index in [-0.39, 0.29) is 34.0 Å². The number of fused-ring (bicyclic) bond motifs is 1. The van der Waals surface area contributed by atoms with Crippen LogP contribution in [0.2, 0.25) is 0 Å². The largest absolute Gasteiger partial charge is 0.616 e. The first-order chi connectivity index (χ1) is 17.1. The van der Waals surface area contributed by atoms with Crippen LogP contribution in [0.4, 0.5) is 18.9 Å². The molecule has 36 heavy (non-hydrogen) atoms. The molecule has 194 valence electrons. The van der Waals surface area contributed by atoms with Crippen molar-refractivity contribution >= 4 is 37.6 Å². The monoisotopic (exact) mass is 542 g/mol. The lowest BCUT2D eigenvalue weighted by Crippen LogP contribution is -2.41. The van der Waals surface area contributed by atoms with E-state index in [9.17, 15) is 26.1 Å². The third kappa shape index (κ3) is 5.98. The van der Waals surface area contributed by atoms with Gasteiger partial charge in [-0.3, -0.25) is 4.98 Å². The Hall–Kier alpha value is -2.70. The number of ether oxygens (including phenoxy) is 2. The van der Waals surface area contributed by atoms with Gasteiger partial charge in [0, 0.05) is 11.6 Å². The number of nitrogens with zero attached hydrogens (tertiary/aromatic N) is 2. The van der Waals surface area contributed by atoms with Crippen molar-refractivity contribution in [2.24, 2.45) is 0 Å². The Bertz CT molecular complexity index is 1310. The third-order valence-electron chi connectivity index (χ3n) is 5.70. The number of halogens is 3. The first-order valence-electron chi connectivity index (χ1n) is 11.3. The summed E-state index contributed by atoms with van der Waals surface area (Å²) in [6.07, 6.45) is -1.86. The molecule has 0 unspecified atom stereocenters. The molecular formula is C24H25F3N2O5S2. The summed E-state index contributed by atoms with van der Waals surface area (Å²) in [5.41, 5.74) is 0.525. The summed E-state index contributed by atoms with van der Waals surface area (Å²) < 4.78 is 87.7. The molecular weight excluding hydrogens is 517 g/mol. The zero-order valence-corrected chi connectivity index (χ0v) is 21.1. The van der Waals surface area contributed by atoms with Crippen LogP contribution in [0.15, 0.2) is 58.5 Å². The predicted molar refractivity (Wildman–Crippen MR) is 131 cm³/mol. The van der Waals surface area contributed by atoms with Gasteiger partial charge in [-0.05, 0) is 48.9 Å². The van der Waals surface area contributed by atoms with Gasteiger partial charge in [-0.15, -0.1) is 13.2 Å². The maximum Gasteiger partial charge on any atom is 0.573 e. The SMILES string of the molecule is CCCCOc1ccc(S(=O)(=O)c2cnc3ccc(OC(F)(F)F)cc3c2N2CC[S+]([O-])CC2)cc1. The number of benzene rings is 2. The van der Waals surface area contributed by atoms with Crippen LogP contribution >= 0.6 is 0 Å². The normalized spacial score (nSPS) is 15.3. The topological polar surface area (TPSA) is 91.8 Å². The maximum absolute atomic E-state index is 13.7. The number of alkyl halides is 3. The minimum absolute atomic E-state index is 0.00368. The Balaban J connectivity index is 1.80. The molecule has 4 rings (SSSR count). The number of unbranched alkanes of at least 4 members (excludes halogenated alkanes) is 1. The molecule has 0 spiro atoms. The maximum atomic E-state index is 13.7. The van der Waals surface area contributed by atoms with Crippen LogP contribution in [0.1, 0.15) is 19.8 Å². The number of hydrogen-bond donors (Lipinski definition) is 0. The molecule has 1 aliphatic rings. The molecule has 3 aromatic rings. The van der Waals surface area contributed by atoms with Crippen LogP contribution in [-0.2, 0) is 21.0 Å². The van der Waals surface area contributed by atoms with Crippen LogP contribution in [0.5, 0.6) is 11.5 Å². The van der Waals surface area contributed by atoms with Crippen molar-refractivity contribution in [2.75, 3.05) is 36.1 Å². The Morgan fingerprint density at radius 2 is 1.75 bits per heavy atom. The zero-order valence-electron chi connectivity index (χ0n) is 19.5. The molecule has 0 radical (unpaired) electrons. The molecule has 0 atom stereocenters. The van der Waals surface area contributed by atoms with Crippen molar-refractivity contribution in [3.05, 3.63) is 48.7 Å². The molecule has 0 amide bonds. The Morgan fingerprint density at radius 1 is 1.08 bits per heavy atom. The average Bonchev–Trinajstić information content (AvgIpc) is 2.83. The lowest BCUT2D eigenvalue weighted by molar-refractivity contribution is -0.274. The molecule has 0 bridgehead atoms. The molecule has 0 saturated carbocycles. The quantitative estimate of drug-likeness (QED) is 0.301. The van der Waals surface area contributed by atoms with Crippen LogP contribution in [0.3, 0.4) is 0 Å². The minimum atomic E-state index is -4.91. The van der Waals surface area contributed by atoms with Gasteiger partial charge in [0.2, 0.25) is 9.84 Å². The fourth-order valence-corrected chi connectivity index (χ4v) is 6.38. The van der Waals surface area contributed by atoms with Gasteiger partial charge in [0.1, 0.15) is 27.9 Å². The lowest BCUT2D eigenvalue weighted by Gasteiger charge is -2.32. The molecule has 12 heteroatoms. The van der Waals surface area contributed by atoms with Gasteiger partial charge in [-0.25, -0.2) is 8.42 Å². The Labute approximate surface area is 210 Å². The van der Waals surface area contributed by atoms with Crippen molar-refractivity contribution in [1.82, 2.24) is 4.98 Å². The molecule has 0 aliphatic carbocycles. The fraction of sp³-hybridized carbons (Fsp3) is 0.375. The van der Waals surface area contributed by atoms with Gasteiger partial charge in [-0.1, -0.05) is 24.5 Å². The third-order valence-corrected chi connectivity index (χ3v) is 8.74. The highest BCUT2D eigenvalue weighted by atomic mass is 32.2. The van der Waals surface area contributed by atoms with Gasteiger partial charge < -0.3 is 18.9 Å². The van der Waals surface area contributed by atoms with Crippen molar-refractivity contribution in [2.45, 2.75) is 35.9 Å². The first-order valence-corrected chi connectivity index (χ1v) is 14.3. The number of sulfone groups is 1. The molecule has 1 aromatic heterocycles. The van der Waals surface area contributed by atoms with E-state index in [2.05, 4.69) is 9.72 Å². The van der Waals surface area contributed by atoms with Crippen LogP contribution in [-0.4, -0.2) is 55.5 Å². The average molecular weight is 543 g/mol. The summed E-state index contributed by atoms with van der Waals surface area (Å²) in [4.78, 5) is 5.80. The fourth-order valence-electron chi connectivity index (χ4n) is 3.90. The van der Waals surface area contributed by atoms with Crippen LogP contribution in [0, 0.1) is 0 Å². The summed E-state index contributed by atoms with van der Waals surface area (Å²) in [6, 6.07) is 9.61. The van der Waals surface area contributed by atoms with Crippen molar-refractivity contribution in [1.29, 1.82) is 0 Å². The Kier molecular flexibility index (Phi) is 7.86. The molecule has 7 nitrogen and oxygen atoms in total. The van der Waals surface area contributed by atoms with E-state index in [4.69, 9.17) is 4.74 Å². The second-order valence-electron chi connectivity index (χ2n) is 8.21. The second kappa shape index (κ2) is 10.7. The van der Waals surface area contributed by atoms with Gasteiger partial charge in [0.05, 0.1) is 35.8 Å². The number of anilines is 1. The highest BCUT2D eigenvalue weighted by Gasteiger charge is 2.33. The number of hydrogen-bond acceptors (Lipinski definition) is 7. The minimum Gasteiger partial charge on any atom is -0.616 e. The lowest BCUT2D eigenvalue weighted by atomic mass is 10.1. The standard InChI is InChI=1S/C24H25F3N2O5S2/c1-2-3-12-33-17-4-7-19(8-5-17)36(31,32)22-16-28-21-9-6-18(34-24(25,26)27)15-20(21)23(22)29-10-13-35(30)14-11-29/h4-9,15-16H,2-3,10-14H2,1H3. The van der Waals surface area contributed by atoms with Crippen LogP contribution in [0.25, 0.3) is 10.9 Å². The summed E-state index contributed by atoms with van der Waals surface area (Å²) in [6.45, 7) is 3.11. The van der Waals surface area contributed by atoms with Gasteiger partial charge in [-0.2, -0.15) is 0 Å². The van der Waals surface area contributed by atoms with E-state index >= 15 is 0 Å². The highest BCUT2D eigenvalue weighted by molar-refractivity contribution is 7.92. The van der Waals surface area contributed by atoms with Gasteiger partial charge in [0.25, 0.3) is 0 Å². The van der Waals surface area contributed by atoms with Crippen molar-refractivity contribution in [3.8, 4) is 11.5 Å². The molecule has 2 heterocycles. The van der Waals surface area contributed by atoms with E-state index in [0.717, 1.165) is 25.0 Å². The molecule has 0 N–H and O–H groups in total. The Morgan fingerprint density at radius 3 is 2.39 bits per heavy atom. The predicted octanol–water partition coefficient (Wildman–Crippen LogP) is 4.71. The zero-order chi connectivity index (χ0) is 25.9. The molecule has 1 saturated heterocycles. The first kappa shape index (κ1) is 26.4. The molecule has 1 fully saturated rings. The van der Waals surface area contributed by atoms with E-state index in [1.165, 1.54) is 24.4 Å². The summed E-state index contributed by atoms with van der Waals surface area (Å²) >= 11 is -1.05. The number of pyridine rings is 1. The number of aromatic nitrogens is 1. The smallest absolute Gasteiger partial charge is 0.573 e.